The largest absolute Gasteiger partial charge is 0.371 e. The lowest BCUT2D eigenvalue weighted by Gasteiger charge is -2.15. The van der Waals surface area contributed by atoms with Crippen LogP contribution in [0, 0.1) is 6.92 Å². The molecule has 16 heavy (non-hydrogen) atoms. The fraction of sp³-hybridized carbons (Fsp3) is 0.636. The molecule has 0 saturated carbocycles. The van der Waals surface area contributed by atoms with Crippen LogP contribution in [0.1, 0.15) is 44.3 Å². The summed E-state index contributed by atoms with van der Waals surface area (Å²) in [7, 11) is 0. The van der Waals surface area contributed by atoms with Gasteiger partial charge in [0.25, 0.3) is 5.56 Å². The Morgan fingerprint density at radius 3 is 2.69 bits per heavy atom. The van der Waals surface area contributed by atoms with E-state index in [4.69, 9.17) is 4.74 Å². The average molecular weight is 289 g/mol. The Labute approximate surface area is 104 Å². The van der Waals surface area contributed by atoms with Crippen LogP contribution < -0.4 is 5.56 Å². The van der Waals surface area contributed by atoms with Crippen molar-refractivity contribution in [2.24, 2.45) is 0 Å². The predicted octanol–water partition coefficient (Wildman–Crippen LogP) is 2.72. The molecule has 1 aromatic rings. The number of H-pyrrole nitrogens is 1. The topological polar surface area (TPSA) is 55.0 Å². The number of hydrogen-bond acceptors (Lipinski definition) is 3. The maximum Gasteiger partial charge on any atom is 0.265 e. The molecule has 0 fully saturated rings. The Kier molecular flexibility index (Phi) is 5.15. The van der Waals surface area contributed by atoms with Crippen LogP contribution in [0.2, 0.25) is 0 Å². The van der Waals surface area contributed by atoms with Gasteiger partial charge in [-0.3, -0.25) is 4.79 Å². The van der Waals surface area contributed by atoms with Crippen LogP contribution in [-0.4, -0.2) is 16.6 Å². The molecule has 1 heterocycles. The number of ether oxygens (including phenoxy) is 1. The Bertz CT molecular complexity index is 397. The zero-order valence-electron chi connectivity index (χ0n) is 9.84. The van der Waals surface area contributed by atoms with E-state index < -0.39 is 0 Å². The van der Waals surface area contributed by atoms with Gasteiger partial charge in [-0.15, -0.1) is 0 Å². The highest BCUT2D eigenvalue weighted by molar-refractivity contribution is 9.10. The van der Waals surface area contributed by atoms with Crippen molar-refractivity contribution in [3.63, 3.8) is 0 Å². The Morgan fingerprint density at radius 1 is 1.50 bits per heavy atom. The summed E-state index contributed by atoms with van der Waals surface area (Å²) in [6.45, 7) is 6.43. The third kappa shape index (κ3) is 3.15. The van der Waals surface area contributed by atoms with Gasteiger partial charge in [0.1, 0.15) is 16.4 Å². The Morgan fingerprint density at radius 2 is 2.19 bits per heavy atom. The van der Waals surface area contributed by atoms with E-state index in [1.165, 1.54) is 0 Å². The molecule has 1 rings (SSSR count). The van der Waals surface area contributed by atoms with Gasteiger partial charge in [-0.25, -0.2) is 4.98 Å². The minimum absolute atomic E-state index is 0.116. The van der Waals surface area contributed by atoms with Gasteiger partial charge in [-0.2, -0.15) is 0 Å². The molecular formula is C11H17BrN2O2. The first kappa shape index (κ1) is 13.4. The molecule has 1 atom stereocenters. The molecule has 1 N–H and O–H groups in total. The van der Waals surface area contributed by atoms with Crippen molar-refractivity contribution in [1.29, 1.82) is 0 Å². The molecule has 0 radical (unpaired) electrons. The van der Waals surface area contributed by atoms with E-state index in [0.29, 0.717) is 22.6 Å². The Balaban J connectivity index is 3.05. The molecule has 4 nitrogen and oxygen atoms in total. The lowest BCUT2D eigenvalue weighted by molar-refractivity contribution is 0.0490. The van der Waals surface area contributed by atoms with E-state index in [9.17, 15) is 4.79 Å². The minimum Gasteiger partial charge on any atom is -0.371 e. The van der Waals surface area contributed by atoms with Gasteiger partial charge in [0.15, 0.2) is 0 Å². The second kappa shape index (κ2) is 6.15. The van der Waals surface area contributed by atoms with Crippen LogP contribution in [0.3, 0.4) is 0 Å². The standard InChI is InChI=1S/C11H17BrN2O2/c1-4-6-8(16-5-2)10-13-7(3)9(12)11(15)14-10/h8H,4-6H2,1-3H3,(H,13,14,15). The van der Waals surface area contributed by atoms with E-state index in [1.807, 2.05) is 6.92 Å². The summed E-state index contributed by atoms with van der Waals surface area (Å²) < 4.78 is 6.06. The van der Waals surface area contributed by atoms with E-state index in [1.54, 1.807) is 6.92 Å². The van der Waals surface area contributed by atoms with Gasteiger partial charge < -0.3 is 9.72 Å². The van der Waals surface area contributed by atoms with Gasteiger partial charge in [0.2, 0.25) is 0 Å². The number of halogens is 1. The number of aromatic amines is 1. The van der Waals surface area contributed by atoms with Crippen LogP contribution in [0.25, 0.3) is 0 Å². The highest BCUT2D eigenvalue weighted by atomic mass is 79.9. The SMILES string of the molecule is CCCC(OCC)c1nc(C)c(Br)c(=O)[nH]1. The van der Waals surface area contributed by atoms with Crippen molar-refractivity contribution >= 4 is 15.9 Å². The summed E-state index contributed by atoms with van der Waals surface area (Å²) in [5.74, 6) is 0.620. The van der Waals surface area contributed by atoms with E-state index in [2.05, 4.69) is 32.8 Å². The molecule has 1 aromatic heterocycles. The normalized spacial score (nSPS) is 12.8. The van der Waals surface area contributed by atoms with Crippen LogP contribution in [0.5, 0.6) is 0 Å². The Hall–Kier alpha value is -0.680. The molecule has 0 aliphatic heterocycles. The van der Waals surface area contributed by atoms with Crippen molar-refractivity contribution in [3.05, 3.63) is 26.3 Å². The van der Waals surface area contributed by atoms with Crippen molar-refractivity contribution in [2.75, 3.05) is 6.61 Å². The molecule has 0 amide bonds. The average Bonchev–Trinajstić information content (AvgIpc) is 2.25. The molecule has 0 aliphatic carbocycles. The molecular weight excluding hydrogens is 272 g/mol. The van der Waals surface area contributed by atoms with Gasteiger partial charge in [-0.1, -0.05) is 13.3 Å². The van der Waals surface area contributed by atoms with E-state index >= 15 is 0 Å². The maximum absolute atomic E-state index is 11.6. The van der Waals surface area contributed by atoms with Crippen LogP contribution >= 0.6 is 15.9 Å². The first-order chi connectivity index (χ1) is 7.60. The van der Waals surface area contributed by atoms with Gasteiger partial charge in [0.05, 0.1) is 5.69 Å². The number of rotatable bonds is 5. The van der Waals surface area contributed by atoms with Gasteiger partial charge >= 0.3 is 0 Å². The lowest BCUT2D eigenvalue weighted by Crippen LogP contribution is -2.18. The minimum atomic E-state index is -0.150. The molecule has 0 saturated heterocycles. The number of aromatic nitrogens is 2. The van der Waals surface area contributed by atoms with Gasteiger partial charge in [-0.05, 0) is 36.2 Å². The molecule has 0 aliphatic rings. The molecule has 0 bridgehead atoms. The van der Waals surface area contributed by atoms with E-state index in [-0.39, 0.29) is 11.7 Å². The fourth-order valence-electron chi connectivity index (χ4n) is 1.51. The summed E-state index contributed by atoms with van der Waals surface area (Å²) in [5, 5.41) is 0. The zero-order valence-corrected chi connectivity index (χ0v) is 11.4. The fourth-order valence-corrected chi connectivity index (χ4v) is 1.70. The quantitative estimate of drug-likeness (QED) is 0.906. The highest BCUT2D eigenvalue weighted by Crippen LogP contribution is 2.19. The van der Waals surface area contributed by atoms with Crippen molar-refractivity contribution in [3.8, 4) is 0 Å². The van der Waals surface area contributed by atoms with Crippen molar-refractivity contribution in [1.82, 2.24) is 9.97 Å². The summed E-state index contributed by atoms with van der Waals surface area (Å²) in [6.07, 6.45) is 1.73. The number of nitrogens with zero attached hydrogens (tertiary/aromatic N) is 1. The van der Waals surface area contributed by atoms with Crippen LogP contribution in [0.4, 0.5) is 0 Å². The predicted molar refractivity (Wildman–Crippen MR) is 66.6 cm³/mol. The molecule has 5 heteroatoms. The van der Waals surface area contributed by atoms with Crippen molar-refractivity contribution in [2.45, 2.75) is 39.7 Å². The van der Waals surface area contributed by atoms with Crippen LogP contribution in [-0.2, 0) is 4.74 Å². The third-order valence-corrected chi connectivity index (χ3v) is 3.20. The second-order valence-electron chi connectivity index (χ2n) is 3.58. The number of nitrogens with one attached hydrogen (secondary N) is 1. The molecule has 0 aromatic carbocycles. The number of hydrogen-bond donors (Lipinski definition) is 1. The van der Waals surface area contributed by atoms with Gasteiger partial charge in [0, 0.05) is 6.61 Å². The monoisotopic (exact) mass is 288 g/mol. The highest BCUT2D eigenvalue weighted by Gasteiger charge is 2.15. The second-order valence-corrected chi connectivity index (χ2v) is 4.38. The summed E-state index contributed by atoms with van der Waals surface area (Å²) >= 11 is 3.19. The van der Waals surface area contributed by atoms with Crippen molar-refractivity contribution < 1.29 is 4.74 Å². The third-order valence-electron chi connectivity index (χ3n) is 2.27. The first-order valence-electron chi connectivity index (χ1n) is 5.48. The first-order valence-corrected chi connectivity index (χ1v) is 6.27. The molecule has 0 spiro atoms. The molecule has 1 unspecified atom stereocenters. The zero-order chi connectivity index (χ0) is 12.1. The lowest BCUT2D eigenvalue weighted by atomic mass is 10.2. The molecule has 90 valence electrons. The van der Waals surface area contributed by atoms with E-state index in [0.717, 1.165) is 12.8 Å². The van der Waals surface area contributed by atoms with Crippen LogP contribution in [0.15, 0.2) is 9.27 Å². The summed E-state index contributed by atoms with van der Waals surface area (Å²) in [5.41, 5.74) is 0.544. The smallest absolute Gasteiger partial charge is 0.265 e. The number of aryl methyl sites for hydroxylation is 1. The summed E-state index contributed by atoms with van der Waals surface area (Å²) in [6, 6.07) is 0. The maximum atomic E-state index is 11.6. The summed E-state index contributed by atoms with van der Waals surface area (Å²) in [4.78, 5) is 18.7.